The molecule has 1 aliphatic rings. The molecule has 2 heterocycles. The van der Waals surface area contributed by atoms with E-state index < -0.39 is 10.8 Å². The number of carbonyl (C=O) groups is 3. The number of fused-ring (bicyclic) bond motifs is 1. The summed E-state index contributed by atoms with van der Waals surface area (Å²) in [5.41, 5.74) is 0.400. The summed E-state index contributed by atoms with van der Waals surface area (Å²) in [6.07, 6.45) is 0.269. The van der Waals surface area contributed by atoms with Crippen molar-refractivity contribution in [3.63, 3.8) is 0 Å². The summed E-state index contributed by atoms with van der Waals surface area (Å²) < 4.78 is 0. The summed E-state index contributed by atoms with van der Waals surface area (Å²) in [6, 6.07) is 10.3. The van der Waals surface area contributed by atoms with E-state index in [9.17, 15) is 24.5 Å². The van der Waals surface area contributed by atoms with Gasteiger partial charge in [-0.1, -0.05) is 35.1 Å². The Bertz CT molecular complexity index is 1210. The van der Waals surface area contributed by atoms with Crippen molar-refractivity contribution in [1.29, 1.82) is 0 Å². The highest BCUT2D eigenvalue weighted by atomic mass is 35.5. The molecule has 0 saturated carbocycles. The number of nitrogens with one attached hydrogen (secondary N) is 1. The van der Waals surface area contributed by atoms with Crippen LogP contribution in [0.2, 0.25) is 5.02 Å². The van der Waals surface area contributed by atoms with Crippen molar-refractivity contribution in [3.05, 3.63) is 79.3 Å². The molecule has 156 valence electrons. The Morgan fingerprint density at radius 3 is 2.45 bits per heavy atom. The number of anilines is 1. The average Bonchev–Trinajstić information content (AvgIpc) is 3.29. The number of hydrogen-bond donors (Lipinski definition) is 1. The van der Waals surface area contributed by atoms with Gasteiger partial charge in [0, 0.05) is 24.6 Å². The number of carbonyl (C=O) groups excluding carboxylic acids is 3. The summed E-state index contributed by atoms with van der Waals surface area (Å²) in [6.45, 7) is 0.123. The molecule has 1 aromatic heterocycles. The third-order valence-electron chi connectivity index (χ3n) is 4.52. The van der Waals surface area contributed by atoms with Crippen LogP contribution < -0.4 is 5.32 Å². The van der Waals surface area contributed by atoms with E-state index in [0.717, 1.165) is 22.3 Å². The number of imide groups is 1. The highest BCUT2D eigenvalue weighted by Crippen LogP contribution is 2.26. The highest BCUT2D eigenvalue weighted by Gasteiger charge is 2.34. The molecule has 0 aliphatic carbocycles. The number of benzene rings is 2. The molecule has 0 unspecified atom stereocenters. The monoisotopic (exact) mass is 457 g/mol. The predicted octanol–water partition coefficient (Wildman–Crippen LogP) is 3.19. The molecule has 3 amide bonds. The van der Waals surface area contributed by atoms with Gasteiger partial charge in [0.2, 0.25) is 5.13 Å². The molecule has 0 fully saturated rings. The van der Waals surface area contributed by atoms with Crippen molar-refractivity contribution in [2.24, 2.45) is 0 Å². The van der Waals surface area contributed by atoms with E-state index in [2.05, 4.69) is 15.5 Å². The first kappa shape index (κ1) is 20.6. The number of aromatic nitrogens is 2. The topological polar surface area (TPSA) is 135 Å². The first-order valence-corrected chi connectivity index (χ1v) is 10.1. The number of nitro groups is 1. The van der Waals surface area contributed by atoms with Crippen LogP contribution in [0.25, 0.3) is 0 Å². The third-order valence-corrected chi connectivity index (χ3v) is 5.74. The summed E-state index contributed by atoms with van der Waals surface area (Å²) in [7, 11) is 0. The van der Waals surface area contributed by atoms with Crippen molar-refractivity contribution >= 4 is 51.5 Å². The average molecular weight is 458 g/mol. The largest absolute Gasteiger partial charge is 0.296 e. The Labute approximate surface area is 183 Å². The fraction of sp³-hybridized carbons (Fsp3) is 0.105. The van der Waals surface area contributed by atoms with Crippen molar-refractivity contribution < 1.29 is 19.3 Å². The fourth-order valence-electron chi connectivity index (χ4n) is 3.02. The van der Waals surface area contributed by atoms with E-state index in [1.165, 1.54) is 12.1 Å². The van der Waals surface area contributed by atoms with E-state index in [0.29, 0.717) is 16.1 Å². The second-order valence-electron chi connectivity index (χ2n) is 6.44. The van der Waals surface area contributed by atoms with Crippen molar-refractivity contribution in [1.82, 2.24) is 15.1 Å². The first-order chi connectivity index (χ1) is 14.8. The predicted molar refractivity (Wildman–Crippen MR) is 111 cm³/mol. The van der Waals surface area contributed by atoms with Gasteiger partial charge in [-0.3, -0.25) is 34.7 Å². The Kier molecular flexibility index (Phi) is 5.44. The summed E-state index contributed by atoms with van der Waals surface area (Å²) in [5, 5.41) is 21.9. The van der Waals surface area contributed by atoms with Crippen LogP contribution in [-0.2, 0) is 6.42 Å². The van der Waals surface area contributed by atoms with Gasteiger partial charge < -0.3 is 0 Å². The van der Waals surface area contributed by atoms with Crippen LogP contribution in [0.4, 0.5) is 10.8 Å². The minimum Gasteiger partial charge on any atom is -0.296 e. The first-order valence-electron chi connectivity index (χ1n) is 8.88. The van der Waals surface area contributed by atoms with Gasteiger partial charge in [-0.05, 0) is 24.3 Å². The van der Waals surface area contributed by atoms with Crippen molar-refractivity contribution in [3.8, 4) is 0 Å². The normalized spacial score (nSPS) is 12.7. The summed E-state index contributed by atoms with van der Waals surface area (Å²) in [4.78, 5) is 48.6. The van der Waals surface area contributed by atoms with Gasteiger partial charge >= 0.3 is 0 Å². The third kappa shape index (κ3) is 4.00. The Morgan fingerprint density at radius 2 is 1.81 bits per heavy atom. The number of nitrogens with zero attached hydrogens (tertiary/aromatic N) is 4. The molecule has 3 aromatic rings. The standard InChI is InChI=1S/C19H12ClN5O5S/c20-13-6-5-10(9-14(13)25(29)30)16(26)21-19-23-22-15(31-19)7-8-24-17(27)11-3-1-2-4-12(11)18(24)28/h1-6,9H,7-8H2,(H,21,23,26). The lowest BCUT2D eigenvalue weighted by Gasteiger charge is -2.12. The van der Waals surface area contributed by atoms with E-state index >= 15 is 0 Å². The lowest BCUT2D eigenvalue weighted by molar-refractivity contribution is -0.384. The quantitative estimate of drug-likeness (QED) is 0.341. The summed E-state index contributed by atoms with van der Waals surface area (Å²) >= 11 is 6.83. The maximum atomic E-state index is 12.4. The van der Waals surface area contributed by atoms with Crippen LogP contribution in [-0.4, -0.2) is 44.3 Å². The van der Waals surface area contributed by atoms with E-state index in [4.69, 9.17) is 11.6 Å². The van der Waals surface area contributed by atoms with Crippen LogP contribution in [0.5, 0.6) is 0 Å². The Hall–Kier alpha value is -3.70. The minimum absolute atomic E-state index is 0.0406. The number of amides is 3. The Morgan fingerprint density at radius 1 is 1.13 bits per heavy atom. The van der Waals surface area contributed by atoms with Crippen LogP contribution >= 0.6 is 22.9 Å². The molecule has 0 radical (unpaired) electrons. The molecule has 0 saturated heterocycles. The van der Waals surface area contributed by atoms with Gasteiger partial charge in [-0.25, -0.2) is 0 Å². The Balaban J connectivity index is 1.40. The zero-order valence-corrected chi connectivity index (χ0v) is 17.1. The zero-order valence-electron chi connectivity index (χ0n) is 15.6. The summed E-state index contributed by atoms with van der Waals surface area (Å²) in [5.74, 6) is -1.33. The van der Waals surface area contributed by atoms with Crippen LogP contribution in [0, 0.1) is 10.1 Å². The second-order valence-corrected chi connectivity index (χ2v) is 7.91. The van der Waals surface area contributed by atoms with Crippen molar-refractivity contribution in [2.75, 3.05) is 11.9 Å². The molecule has 2 aromatic carbocycles. The van der Waals surface area contributed by atoms with Crippen molar-refractivity contribution in [2.45, 2.75) is 6.42 Å². The minimum atomic E-state index is -0.679. The molecule has 12 heteroatoms. The SMILES string of the molecule is O=C(Nc1nnc(CCN2C(=O)c3ccccc3C2=O)s1)c1ccc(Cl)c([N+](=O)[O-])c1. The van der Waals surface area contributed by atoms with Crippen LogP contribution in [0.15, 0.2) is 42.5 Å². The molecule has 0 spiro atoms. The lowest BCUT2D eigenvalue weighted by Crippen LogP contribution is -2.31. The molecule has 4 rings (SSSR count). The molecule has 0 bridgehead atoms. The second kappa shape index (κ2) is 8.20. The lowest BCUT2D eigenvalue weighted by atomic mass is 10.1. The molecular weight excluding hydrogens is 446 g/mol. The van der Waals surface area contributed by atoms with Crippen LogP contribution in [0.3, 0.4) is 0 Å². The smallest absolute Gasteiger partial charge is 0.288 e. The van der Waals surface area contributed by atoms with E-state index in [1.807, 2.05) is 0 Å². The van der Waals surface area contributed by atoms with Gasteiger partial charge in [0.15, 0.2) is 0 Å². The number of halogens is 1. The zero-order chi connectivity index (χ0) is 22.1. The van der Waals surface area contributed by atoms with Gasteiger partial charge in [0.25, 0.3) is 23.4 Å². The molecule has 0 atom stereocenters. The van der Waals surface area contributed by atoms with E-state index in [-0.39, 0.29) is 46.2 Å². The fourth-order valence-corrected chi connectivity index (χ4v) is 3.93. The number of rotatable bonds is 6. The molecule has 31 heavy (non-hydrogen) atoms. The highest BCUT2D eigenvalue weighted by molar-refractivity contribution is 7.15. The van der Waals surface area contributed by atoms with Gasteiger partial charge in [-0.15, -0.1) is 10.2 Å². The van der Waals surface area contributed by atoms with Gasteiger partial charge in [0.1, 0.15) is 10.0 Å². The molecule has 1 N–H and O–H groups in total. The number of nitro benzene ring substituents is 1. The molecule has 1 aliphatic heterocycles. The van der Waals surface area contributed by atoms with Gasteiger partial charge in [0.05, 0.1) is 16.1 Å². The van der Waals surface area contributed by atoms with Crippen LogP contribution in [0.1, 0.15) is 36.1 Å². The van der Waals surface area contributed by atoms with E-state index in [1.54, 1.807) is 24.3 Å². The molecular formula is C19H12ClN5O5S. The maximum Gasteiger partial charge on any atom is 0.288 e. The molecule has 10 nitrogen and oxygen atoms in total. The van der Waals surface area contributed by atoms with Gasteiger partial charge in [-0.2, -0.15) is 0 Å². The maximum absolute atomic E-state index is 12.4. The number of hydrogen-bond acceptors (Lipinski definition) is 8.